The van der Waals surface area contributed by atoms with E-state index in [1.54, 1.807) is 24.5 Å². The van der Waals surface area contributed by atoms with Crippen LogP contribution in [-0.2, 0) is 6.54 Å². The van der Waals surface area contributed by atoms with E-state index in [0.29, 0.717) is 23.8 Å². The van der Waals surface area contributed by atoms with E-state index in [4.69, 9.17) is 0 Å². The van der Waals surface area contributed by atoms with E-state index in [0.717, 1.165) is 22.5 Å². The van der Waals surface area contributed by atoms with Gasteiger partial charge in [0.1, 0.15) is 0 Å². The van der Waals surface area contributed by atoms with Crippen molar-refractivity contribution in [3.05, 3.63) is 82.9 Å². The Kier molecular flexibility index (Phi) is 6.69. The molecular weight excluding hydrogens is 400 g/mol. The molecule has 1 fully saturated rings. The third-order valence-electron chi connectivity index (χ3n) is 6.25. The molecule has 166 valence electrons. The maximum atomic E-state index is 12.9. The Morgan fingerprint density at radius 2 is 1.75 bits per heavy atom. The van der Waals surface area contributed by atoms with Gasteiger partial charge in [-0.3, -0.25) is 14.6 Å². The number of benzene rings is 1. The number of nitrogens with one attached hydrogen (secondary N) is 2. The van der Waals surface area contributed by atoms with E-state index in [9.17, 15) is 9.59 Å². The quantitative estimate of drug-likeness (QED) is 0.565. The van der Waals surface area contributed by atoms with Crippen molar-refractivity contribution in [2.24, 2.45) is 0 Å². The van der Waals surface area contributed by atoms with Gasteiger partial charge in [-0.25, -0.2) is 0 Å². The molecule has 32 heavy (non-hydrogen) atoms. The first-order valence-corrected chi connectivity index (χ1v) is 11.3. The molecule has 6 heteroatoms. The van der Waals surface area contributed by atoms with Crippen LogP contribution in [0.3, 0.4) is 0 Å². The SMILES string of the molecule is Cc1cc(C(=O)NCc2cccc(NC(=O)c3ccncc3)c2)c(C)n1C1CCCCC1. The second-order valence-corrected chi connectivity index (χ2v) is 8.52. The highest BCUT2D eigenvalue weighted by Crippen LogP contribution is 2.32. The molecule has 2 heterocycles. The molecule has 1 aliphatic carbocycles. The van der Waals surface area contributed by atoms with Crippen LogP contribution >= 0.6 is 0 Å². The Balaban J connectivity index is 1.40. The Labute approximate surface area is 189 Å². The first-order chi connectivity index (χ1) is 15.5. The molecule has 2 amide bonds. The molecule has 0 atom stereocenters. The number of aryl methyl sites for hydroxylation is 1. The predicted molar refractivity (Wildman–Crippen MR) is 126 cm³/mol. The van der Waals surface area contributed by atoms with Crippen molar-refractivity contribution < 1.29 is 9.59 Å². The molecule has 2 aromatic heterocycles. The molecule has 0 spiro atoms. The summed E-state index contributed by atoms with van der Waals surface area (Å²) < 4.78 is 2.35. The molecular formula is C26H30N4O2. The van der Waals surface area contributed by atoms with Gasteiger partial charge in [0.05, 0.1) is 5.56 Å². The van der Waals surface area contributed by atoms with Crippen molar-refractivity contribution in [2.45, 2.75) is 58.5 Å². The monoisotopic (exact) mass is 430 g/mol. The van der Waals surface area contributed by atoms with Crippen molar-refractivity contribution in [3.8, 4) is 0 Å². The third-order valence-corrected chi connectivity index (χ3v) is 6.25. The number of hydrogen-bond donors (Lipinski definition) is 2. The fraction of sp³-hybridized carbons (Fsp3) is 0.346. The number of carbonyl (C=O) groups is 2. The number of amides is 2. The molecule has 1 aliphatic rings. The van der Waals surface area contributed by atoms with Crippen LogP contribution in [0.25, 0.3) is 0 Å². The highest BCUT2D eigenvalue weighted by Gasteiger charge is 2.22. The molecule has 0 saturated heterocycles. The zero-order valence-electron chi connectivity index (χ0n) is 18.7. The van der Waals surface area contributed by atoms with Gasteiger partial charge in [0.25, 0.3) is 11.8 Å². The number of anilines is 1. The topological polar surface area (TPSA) is 76.0 Å². The van der Waals surface area contributed by atoms with Crippen LogP contribution in [0.5, 0.6) is 0 Å². The van der Waals surface area contributed by atoms with Crippen LogP contribution in [0.2, 0.25) is 0 Å². The maximum absolute atomic E-state index is 12.9. The second kappa shape index (κ2) is 9.81. The van der Waals surface area contributed by atoms with Gasteiger partial charge >= 0.3 is 0 Å². The summed E-state index contributed by atoms with van der Waals surface area (Å²) >= 11 is 0. The lowest BCUT2D eigenvalue weighted by Gasteiger charge is -2.26. The molecule has 4 rings (SSSR count). The predicted octanol–water partition coefficient (Wildman–Crippen LogP) is 5.19. The van der Waals surface area contributed by atoms with Crippen molar-refractivity contribution in [1.82, 2.24) is 14.9 Å². The molecule has 0 bridgehead atoms. The van der Waals surface area contributed by atoms with Gasteiger partial charge in [-0.05, 0) is 62.6 Å². The van der Waals surface area contributed by atoms with Crippen molar-refractivity contribution in [2.75, 3.05) is 5.32 Å². The summed E-state index contributed by atoms with van der Waals surface area (Å²) in [6, 6.07) is 13.4. The van der Waals surface area contributed by atoms with E-state index >= 15 is 0 Å². The number of carbonyl (C=O) groups excluding carboxylic acids is 2. The molecule has 0 radical (unpaired) electrons. The zero-order chi connectivity index (χ0) is 22.5. The first kappa shape index (κ1) is 21.8. The van der Waals surface area contributed by atoms with Crippen LogP contribution < -0.4 is 10.6 Å². The van der Waals surface area contributed by atoms with Crippen molar-refractivity contribution >= 4 is 17.5 Å². The maximum Gasteiger partial charge on any atom is 0.255 e. The molecule has 1 aromatic carbocycles. The Bertz CT molecular complexity index is 1100. The van der Waals surface area contributed by atoms with Crippen LogP contribution in [0.4, 0.5) is 5.69 Å². The van der Waals surface area contributed by atoms with Gasteiger partial charge in [-0.2, -0.15) is 0 Å². The molecule has 6 nitrogen and oxygen atoms in total. The number of rotatable bonds is 6. The second-order valence-electron chi connectivity index (χ2n) is 8.52. The Morgan fingerprint density at radius 3 is 2.50 bits per heavy atom. The smallest absolute Gasteiger partial charge is 0.255 e. The average Bonchev–Trinajstić information content (AvgIpc) is 3.12. The Morgan fingerprint density at radius 1 is 1.00 bits per heavy atom. The van der Waals surface area contributed by atoms with Crippen LogP contribution in [0.15, 0.2) is 54.9 Å². The Hall–Kier alpha value is -3.41. The van der Waals surface area contributed by atoms with Crippen LogP contribution in [0.1, 0.15) is 75.8 Å². The van der Waals surface area contributed by atoms with E-state index in [1.807, 2.05) is 37.3 Å². The van der Waals surface area contributed by atoms with Gasteiger partial charge < -0.3 is 15.2 Å². The lowest BCUT2D eigenvalue weighted by atomic mass is 9.95. The third kappa shape index (κ3) is 4.90. The van der Waals surface area contributed by atoms with E-state index in [-0.39, 0.29) is 11.8 Å². The van der Waals surface area contributed by atoms with Crippen LogP contribution in [0, 0.1) is 13.8 Å². The van der Waals surface area contributed by atoms with Gasteiger partial charge in [-0.15, -0.1) is 0 Å². The minimum atomic E-state index is -0.191. The number of nitrogens with zero attached hydrogens (tertiary/aromatic N) is 2. The molecule has 1 saturated carbocycles. The summed E-state index contributed by atoms with van der Waals surface area (Å²) in [6.07, 6.45) is 9.39. The van der Waals surface area contributed by atoms with Gasteiger partial charge in [-0.1, -0.05) is 31.4 Å². The fourth-order valence-corrected chi connectivity index (χ4v) is 4.65. The summed E-state index contributed by atoms with van der Waals surface area (Å²) in [5.41, 5.74) is 5.11. The van der Waals surface area contributed by atoms with E-state index < -0.39 is 0 Å². The average molecular weight is 431 g/mol. The summed E-state index contributed by atoms with van der Waals surface area (Å²) in [5.74, 6) is -0.255. The highest BCUT2D eigenvalue weighted by molar-refractivity contribution is 6.04. The van der Waals surface area contributed by atoms with Gasteiger partial charge in [0.15, 0.2) is 0 Å². The van der Waals surface area contributed by atoms with E-state index in [2.05, 4.69) is 27.1 Å². The fourth-order valence-electron chi connectivity index (χ4n) is 4.65. The minimum Gasteiger partial charge on any atom is -0.348 e. The lowest BCUT2D eigenvalue weighted by Crippen LogP contribution is -2.24. The number of hydrogen-bond acceptors (Lipinski definition) is 3. The van der Waals surface area contributed by atoms with Crippen molar-refractivity contribution in [3.63, 3.8) is 0 Å². The number of aromatic nitrogens is 2. The zero-order valence-corrected chi connectivity index (χ0v) is 18.7. The van der Waals surface area contributed by atoms with E-state index in [1.165, 1.54) is 32.1 Å². The molecule has 0 unspecified atom stereocenters. The summed E-state index contributed by atoms with van der Waals surface area (Å²) in [7, 11) is 0. The lowest BCUT2D eigenvalue weighted by molar-refractivity contribution is 0.0949. The largest absolute Gasteiger partial charge is 0.348 e. The van der Waals surface area contributed by atoms with Gasteiger partial charge in [0.2, 0.25) is 0 Å². The normalized spacial score (nSPS) is 14.2. The highest BCUT2D eigenvalue weighted by atomic mass is 16.2. The summed E-state index contributed by atoms with van der Waals surface area (Å²) in [5, 5.41) is 5.93. The molecule has 2 N–H and O–H groups in total. The van der Waals surface area contributed by atoms with Crippen LogP contribution in [-0.4, -0.2) is 21.4 Å². The molecule has 0 aliphatic heterocycles. The minimum absolute atomic E-state index is 0.0635. The summed E-state index contributed by atoms with van der Waals surface area (Å²) in [4.78, 5) is 29.2. The molecule has 3 aromatic rings. The van der Waals surface area contributed by atoms with Gasteiger partial charge in [0, 0.05) is 47.6 Å². The standard InChI is InChI=1S/C26H30N4O2/c1-18-15-24(19(2)30(18)23-9-4-3-5-10-23)26(32)28-17-20-7-6-8-22(16-20)29-25(31)21-11-13-27-14-12-21/h6-8,11-16,23H,3-5,9-10,17H2,1-2H3,(H,28,32)(H,29,31). The first-order valence-electron chi connectivity index (χ1n) is 11.3. The summed E-state index contributed by atoms with van der Waals surface area (Å²) in [6.45, 7) is 4.53. The van der Waals surface area contributed by atoms with Crippen molar-refractivity contribution in [1.29, 1.82) is 0 Å². The number of pyridine rings is 1.